The molecule has 0 spiro atoms. The van der Waals surface area contributed by atoms with Crippen LogP contribution in [0.15, 0.2) is 12.1 Å². The first-order valence-corrected chi connectivity index (χ1v) is 6.68. The second kappa shape index (κ2) is 4.77. The van der Waals surface area contributed by atoms with Crippen LogP contribution in [-0.4, -0.2) is 11.9 Å². The zero-order valence-electron chi connectivity index (χ0n) is 10.7. The molecule has 3 N–H and O–H groups in total. The van der Waals surface area contributed by atoms with Gasteiger partial charge in [0.2, 0.25) is 5.91 Å². The van der Waals surface area contributed by atoms with Gasteiger partial charge in [-0.1, -0.05) is 0 Å². The third-order valence-electron chi connectivity index (χ3n) is 4.53. The Bertz CT molecular complexity index is 562. The molecule has 0 saturated heterocycles. The summed E-state index contributed by atoms with van der Waals surface area (Å²) in [4.78, 5) is 12.2. The number of anilines is 1. The molecule has 3 rings (SSSR count). The summed E-state index contributed by atoms with van der Waals surface area (Å²) in [7, 11) is 0. The molecule has 0 aliphatic heterocycles. The highest BCUT2D eigenvalue weighted by Crippen LogP contribution is 2.47. The van der Waals surface area contributed by atoms with Crippen molar-refractivity contribution in [2.24, 2.45) is 23.5 Å². The molecule has 3 nitrogen and oxygen atoms in total. The van der Waals surface area contributed by atoms with Gasteiger partial charge >= 0.3 is 0 Å². The van der Waals surface area contributed by atoms with Gasteiger partial charge in [0.25, 0.3) is 0 Å². The highest BCUT2D eigenvalue weighted by Gasteiger charge is 2.49. The fourth-order valence-corrected chi connectivity index (χ4v) is 3.59. The predicted molar refractivity (Wildman–Crippen MR) is 67.2 cm³/mol. The maximum Gasteiger partial charge on any atom is 0.229 e. The number of amides is 1. The van der Waals surface area contributed by atoms with Gasteiger partial charge < -0.3 is 11.1 Å². The van der Waals surface area contributed by atoms with Gasteiger partial charge in [-0.25, -0.2) is 13.2 Å². The fourth-order valence-electron chi connectivity index (χ4n) is 3.59. The molecular weight excluding hydrogens is 269 g/mol. The number of nitrogens with two attached hydrogens (primary N) is 1. The number of benzene rings is 1. The number of rotatable bonds is 2. The molecular formula is C14H15F3N2O. The quantitative estimate of drug-likeness (QED) is 0.819. The number of carbonyl (C=O) groups is 1. The van der Waals surface area contributed by atoms with E-state index < -0.39 is 35.0 Å². The van der Waals surface area contributed by atoms with E-state index in [1.165, 1.54) is 0 Å². The van der Waals surface area contributed by atoms with E-state index in [1.54, 1.807) is 0 Å². The van der Waals surface area contributed by atoms with Crippen LogP contribution in [0.2, 0.25) is 0 Å². The summed E-state index contributed by atoms with van der Waals surface area (Å²) in [5.74, 6) is -3.85. The van der Waals surface area contributed by atoms with Crippen molar-refractivity contribution in [3.8, 4) is 0 Å². The number of fused-ring (bicyclic) bond motifs is 2. The van der Waals surface area contributed by atoms with Crippen LogP contribution in [0.25, 0.3) is 0 Å². The molecule has 2 saturated carbocycles. The summed E-state index contributed by atoms with van der Waals surface area (Å²) in [5, 5.41) is 2.28. The van der Waals surface area contributed by atoms with Crippen molar-refractivity contribution in [3.05, 3.63) is 29.6 Å². The molecule has 0 radical (unpaired) electrons. The summed E-state index contributed by atoms with van der Waals surface area (Å²) in [6.45, 7) is 0. The molecule has 1 aromatic carbocycles. The van der Waals surface area contributed by atoms with Crippen LogP contribution in [-0.2, 0) is 4.79 Å². The van der Waals surface area contributed by atoms with E-state index in [4.69, 9.17) is 5.73 Å². The molecule has 2 fully saturated rings. The van der Waals surface area contributed by atoms with E-state index in [2.05, 4.69) is 5.32 Å². The molecule has 1 amide bonds. The molecule has 0 aromatic heterocycles. The minimum absolute atomic E-state index is 0.191. The van der Waals surface area contributed by atoms with Crippen LogP contribution in [0.5, 0.6) is 0 Å². The lowest BCUT2D eigenvalue weighted by atomic mass is 9.84. The summed E-state index contributed by atoms with van der Waals surface area (Å²) >= 11 is 0. The number of hydrogen-bond donors (Lipinski definition) is 2. The highest BCUT2D eigenvalue weighted by atomic mass is 19.2. The Morgan fingerprint density at radius 3 is 2.55 bits per heavy atom. The second-order valence-electron chi connectivity index (χ2n) is 5.67. The zero-order chi connectivity index (χ0) is 14.4. The van der Waals surface area contributed by atoms with Crippen LogP contribution in [0.3, 0.4) is 0 Å². The van der Waals surface area contributed by atoms with Gasteiger partial charge in [0.05, 0.1) is 11.6 Å². The summed E-state index contributed by atoms with van der Waals surface area (Å²) in [5.41, 5.74) is 5.54. The van der Waals surface area contributed by atoms with Crippen molar-refractivity contribution in [1.82, 2.24) is 0 Å². The maximum atomic E-state index is 13.5. The van der Waals surface area contributed by atoms with E-state index >= 15 is 0 Å². The molecule has 20 heavy (non-hydrogen) atoms. The Labute approximate surface area is 114 Å². The molecule has 108 valence electrons. The van der Waals surface area contributed by atoms with Crippen molar-refractivity contribution < 1.29 is 18.0 Å². The van der Waals surface area contributed by atoms with Crippen LogP contribution in [0, 0.1) is 35.2 Å². The van der Waals surface area contributed by atoms with Crippen molar-refractivity contribution in [3.63, 3.8) is 0 Å². The van der Waals surface area contributed by atoms with Crippen LogP contribution in [0.4, 0.5) is 18.9 Å². The highest BCUT2D eigenvalue weighted by molar-refractivity contribution is 5.93. The molecule has 6 heteroatoms. The van der Waals surface area contributed by atoms with Gasteiger partial charge in [0.1, 0.15) is 5.82 Å². The molecule has 2 bridgehead atoms. The molecule has 2 aliphatic carbocycles. The lowest BCUT2D eigenvalue weighted by Crippen LogP contribution is -2.42. The molecule has 0 heterocycles. The van der Waals surface area contributed by atoms with E-state index in [0.29, 0.717) is 12.0 Å². The van der Waals surface area contributed by atoms with Crippen molar-refractivity contribution in [2.75, 3.05) is 5.32 Å². The summed E-state index contributed by atoms with van der Waals surface area (Å²) < 4.78 is 39.7. The third kappa shape index (κ3) is 2.08. The van der Waals surface area contributed by atoms with Gasteiger partial charge in [-0.3, -0.25) is 4.79 Å². The molecule has 4 unspecified atom stereocenters. The van der Waals surface area contributed by atoms with Gasteiger partial charge in [0, 0.05) is 18.2 Å². The first-order valence-electron chi connectivity index (χ1n) is 6.68. The second-order valence-corrected chi connectivity index (χ2v) is 5.67. The Morgan fingerprint density at radius 2 is 1.90 bits per heavy atom. The summed E-state index contributed by atoms with van der Waals surface area (Å²) in [6.07, 6.45) is 2.84. The lowest BCUT2D eigenvalue weighted by molar-refractivity contribution is -0.121. The molecule has 2 aliphatic rings. The topological polar surface area (TPSA) is 55.1 Å². The zero-order valence-corrected chi connectivity index (χ0v) is 10.7. The molecule has 4 atom stereocenters. The normalized spacial score (nSPS) is 31.6. The Balaban J connectivity index is 1.80. The smallest absolute Gasteiger partial charge is 0.229 e. The Morgan fingerprint density at radius 1 is 1.20 bits per heavy atom. The number of nitrogens with one attached hydrogen (secondary N) is 1. The average Bonchev–Trinajstić information content (AvgIpc) is 2.95. The van der Waals surface area contributed by atoms with Gasteiger partial charge in [-0.15, -0.1) is 0 Å². The average molecular weight is 284 g/mol. The van der Waals surface area contributed by atoms with Gasteiger partial charge in [0.15, 0.2) is 11.6 Å². The van der Waals surface area contributed by atoms with E-state index in [-0.39, 0.29) is 12.0 Å². The monoisotopic (exact) mass is 284 g/mol. The number of hydrogen-bond acceptors (Lipinski definition) is 2. The fraction of sp³-hybridized carbons (Fsp3) is 0.500. The first kappa shape index (κ1) is 13.4. The van der Waals surface area contributed by atoms with E-state index in [0.717, 1.165) is 25.3 Å². The van der Waals surface area contributed by atoms with Gasteiger partial charge in [-0.05, 0) is 31.1 Å². The third-order valence-corrected chi connectivity index (χ3v) is 4.53. The number of halogens is 3. The van der Waals surface area contributed by atoms with Gasteiger partial charge in [-0.2, -0.15) is 0 Å². The predicted octanol–water partition coefficient (Wildman–Crippen LogP) is 2.42. The van der Waals surface area contributed by atoms with E-state index in [1.807, 2.05) is 0 Å². The first-order chi connectivity index (χ1) is 9.47. The largest absolute Gasteiger partial charge is 0.327 e. The Hall–Kier alpha value is -1.56. The van der Waals surface area contributed by atoms with E-state index in [9.17, 15) is 18.0 Å². The summed E-state index contributed by atoms with van der Waals surface area (Å²) in [6, 6.07) is 0.957. The maximum absolute atomic E-state index is 13.5. The SMILES string of the molecule is NC1C2CCC(C2)C1C(=O)Nc1cc(F)cc(F)c1F. The van der Waals surface area contributed by atoms with Crippen molar-refractivity contribution in [2.45, 2.75) is 25.3 Å². The molecule has 1 aromatic rings. The number of carbonyl (C=O) groups excluding carboxylic acids is 1. The minimum Gasteiger partial charge on any atom is -0.327 e. The van der Waals surface area contributed by atoms with Crippen LogP contribution in [0.1, 0.15) is 19.3 Å². The standard InChI is InChI=1S/C14H15F3N2O/c15-8-4-9(16)12(17)10(5-8)19-14(20)11-6-1-2-7(3-6)13(11)18/h4-7,11,13H,1-3,18H2,(H,19,20). The van der Waals surface area contributed by atoms with Crippen molar-refractivity contribution >= 4 is 11.6 Å². The Kier molecular flexibility index (Phi) is 3.20. The van der Waals surface area contributed by atoms with Crippen molar-refractivity contribution in [1.29, 1.82) is 0 Å². The minimum atomic E-state index is -1.32. The lowest BCUT2D eigenvalue weighted by Gasteiger charge is -2.27. The van der Waals surface area contributed by atoms with Crippen LogP contribution >= 0.6 is 0 Å². The van der Waals surface area contributed by atoms with Crippen LogP contribution < -0.4 is 11.1 Å².